The third-order valence-electron chi connectivity index (χ3n) is 3.44. The minimum atomic E-state index is 0.242. The van der Waals surface area contributed by atoms with Gasteiger partial charge < -0.3 is 0 Å². The minimum Gasteiger partial charge on any atom is -0.299 e. The molecular formula is C15H18O. The van der Waals surface area contributed by atoms with Gasteiger partial charge in [0.05, 0.1) is 0 Å². The number of benzene rings is 1. The van der Waals surface area contributed by atoms with Gasteiger partial charge in [-0.3, -0.25) is 4.79 Å². The number of hydrogen-bond donors (Lipinski definition) is 0. The Balaban J connectivity index is 1.97. The van der Waals surface area contributed by atoms with Crippen LogP contribution in [0.1, 0.15) is 24.8 Å². The van der Waals surface area contributed by atoms with Crippen LogP contribution in [0.15, 0.2) is 43.0 Å². The smallest absolute Gasteiger partial charge is 0.139 e. The van der Waals surface area contributed by atoms with Gasteiger partial charge in [0.1, 0.15) is 5.78 Å². The summed E-state index contributed by atoms with van der Waals surface area (Å²) in [5.41, 5.74) is 1.28. The molecule has 16 heavy (non-hydrogen) atoms. The Morgan fingerprint density at radius 3 is 2.56 bits per heavy atom. The SMILES string of the molecule is C=CC[C@@H]1CC[C@@H](Cc2ccccc2)C1=O. The molecule has 0 N–H and O–H groups in total. The van der Waals surface area contributed by atoms with E-state index in [1.807, 2.05) is 24.3 Å². The number of hydrogen-bond acceptors (Lipinski definition) is 1. The van der Waals surface area contributed by atoms with Crippen LogP contribution in [0.5, 0.6) is 0 Å². The first kappa shape index (κ1) is 11.1. The molecule has 0 spiro atoms. The van der Waals surface area contributed by atoms with Crippen molar-refractivity contribution in [3.05, 3.63) is 48.6 Å². The van der Waals surface area contributed by atoms with Crippen LogP contribution >= 0.6 is 0 Å². The molecular weight excluding hydrogens is 196 g/mol. The van der Waals surface area contributed by atoms with Crippen LogP contribution in [-0.2, 0) is 11.2 Å². The maximum absolute atomic E-state index is 12.1. The van der Waals surface area contributed by atoms with Gasteiger partial charge in [-0.15, -0.1) is 6.58 Å². The fraction of sp³-hybridized carbons (Fsp3) is 0.400. The van der Waals surface area contributed by atoms with E-state index < -0.39 is 0 Å². The quantitative estimate of drug-likeness (QED) is 0.702. The predicted molar refractivity (Wildman–Crippen MR) is 66.2 cm³/mol. The van der Waals surface area contributed by atoms with Gasteiger partial charge in [0.2, 0.25) is 0 Å². The van der Waals surface area contributed by atoms with Gasteiger partial charge in [-0.2, -0.15) is 0 Å². The Labute approximate surface area is 97.2 Å². The monoisotopic (exact) mass is 214 g/mol. The van der Waals surface area contributed by atoms with E-state index in [1.54, 1.807) is 0 Å². The second kappa shape index (κ2) is 5.11. The number of ketones is 1. The lowest BCUT2D eigenvalue weighted by Crippen LogP contribution is -2.15. The van der Waals surface area contributed by atoms with Crippen molar-refractivity contribution in [3.8, 4) is 0 Å². The molecule has 0 aliphatic heterocycles. The number of rotatable bonds is 4. The Bertz CT molecular complexity index is 366. The van der Waals surface area contributed by atoms with Crippen LogP contribution < -0.4 is 0 Å². The number of carbonyl (C=O) groups is 1. The Morgan fingerprint density at radius 1 is 1.19 bits per heavy atom. The van der Waals surface area contributed by atoms with Crippen LogP contribution in [0.4, 0.5) is 0 Å². The summed E-state index contributed by atoms with van der Waals surface area (Å²) in [6, 6.07) is 10.3. The molecule has 2 atom stereocenters. The van der Waals surface area contributed by atoms with Crippen molar-refractivity contribution in [2.45, 2.75) is 25.7 Å². The van der Waals surface area contributed by atoms with Gasteiger partial charge in [0.15, 0.2) is 0 Å². The van der Waals surface area contributed by atoms with Gasteiger partial charge in [0, 0.05) is 11.8 Å². The van der Waals surface area contributed by atoms with Crippen molar-refractivity contribution in [1.29, 1.82) is 0 Å². The van der Waals surface area contributed by atoms with Crippen molar-refractivity contribution in [3.63, 3.8) is 0 Å². The summed E-state index contributed by atoms with van der Waals surface area (Å²) in [4.78, 5) is 12.1. The van der Waals surface area contributed by atoms with Crippen LogP contribution in [0.3, 0.4) is 0 Å². The fourth-order valence-corrected chi connectivity index (χ4v) is 2.56. The number of allylic oxidation sites excluding steroid dienone is 1. The highest BCUT2D eigenvalue weighted by atomic mass is 16.1. The second-order valence-corrected chi connectivity index (χ2v) is 4.59. The Hall–Kier alpha value is -1.37. The molecule has 1 aliphatic rings. The largest absolute Gasteiger partial charge is 0.299 e. The molecule has 0 unspecified atom stereocenters. The molecule has 1 aliphatic carbocycles. The van der Waals surface area contributed by atoms with Crippen molar-refractivity contribution in [2.75, 3.05) is 0 Å². The standard InChI is InChI=1S/C15H18O/c1-2-6-13-9-10-14(15(13)16)11-12-7-4-3-5-8-12/h2-5,7-8,13-14H,1,6,9-11H2/t13-,14+/m1/s1. The first-order chi connectivity index (χ1) is 7.81. The Kier molecular flexibility index (Phi) is 3.55. The van der Waals surface area contributed by atoms with Gasteiger partial charge in [-0.05, 0) is 31.2 Å². The molecule has 1 aromatic carbocycles. The zero-order valence-corrected chi connectivity index (χ0v) is 9.56. The van der Waals surface area contributed by atoms with E-state index in [-0.39, 0.29) is 11.8 Å². The van der Waals surface area contributed by atoms with Crippen LogP contribution in [0.25, 0.3) is 0 Å². The minimum absolute atomic E-state index is 0.242. The summed E-state index contributed by atoms with van der Waals surface area (Å²) >= 11 is 0. The molecule has 1 fully saturated rings. The van der Waals surface area contributed by atoms with Gasteiger partial charge >= 0.3 is 0 Å². The third-order valence-corrected chi connectivity index (χ3v) is 3.44. The Morgan fingerprint density at radius 2 is 1.88 bits per heavy atom. The highest BCUT2D eigenvalue weighted by Gasteiger charge is 2.32. The molecule has 0 radical (unpaired) electrons. The van der Waals surface area contributed by atoms with E-state index in [1.165, 1.54) is 5.56 Å². The molecule has 1 saturated carbocycles. The van der Waals surface area contributed by atoms with Gasteiger partial charge in [-0.25, -0.2) is 0 Å². The molecule has 1 nitrogen and oxygen atoms in total. The van der Waals surface area contributed by atoms with Gasteiger partial charge in [0.25, 0.3) is 0 Å². The number of Topliss-reactive ketones (excluding diaryl/α,β-unsaturated/α-hetero) is 1. The highest BCUT2D eigenvalue weighted by Crippen LogP contribution is 2.32. The van der Waals surface area contributed by atoms with Crippen molar-refractivity contribution in [1.82, 2.24) is 0 Å². The molecule has 1 heteroatoms. The first-order valence-corrected chi connectivity index (χ1v) is 6.00. The summed E-state index contributed by atoms with van der Waals surface area (Å²) in [5.74, 6) is 0.933. The van der Waals surface area contributed by atoms with E-state index >= 15 is 0 Å². The molecule has 0 saturated heterocycles. The summed E-state index contributed by atoms with van der Waals surface area (Å²) in [6.45, 7) is 3.72. The molecule has 0 heterocycles. The number of carbonyl (C=O) groups excluding carboxylic acids is 1. The average molecular weight is 214 g/mol. The van der Waals surface area contributed by atoms with Crippen LogP contribution in [0, 0.1) is 11.8 Å². The third kappa shape index (κ3) is 2.41. The van der Waals surface area contributed by atoms with Crippen molar-refractivity contribution < 1.29 is 4.79 Å². The predicted octanol–water partition coefficient (Wildman–Crippen LogP) is 3.40. The first-order valence-electron chi connectivity index (χ1n) is 6.00. The van der Waals surface area contributed by atoms with E-state index in [0.717, 1.165) is 25.7 Å². The van der Waals surface area contributed by atoms with Crippen molar-refractivity contribution >= 4 is 5.78 Å². The summed E-state index contributed by atoms with van der Waals surface area (Å²) in [5, 5.41) is 0. The zero-order valence-electron chi connectivity index (χ0n) is 9.56. The maximum Gasteiger partial charge on any atom is 0.139 e. The van der Waals surface area contributed by atoms with E-state index in [0.29, 0.717) is 5.78 Å². The molecule has 2 rings (SSSR count). The lowest BCUT2D eigenvalue weighted by molar-refractivity contribution is -0.123. The summed E-state index contributed by atoms with van der Waals surface area (Å²) < 4.78 is 0. The van der Waals surface area contributed by atoms with Crippen LogP contribution in [-0.4, -0.2) is 5.78 Å². The molecule has 0 bridgehead atoms. The van der Waals surface area contributed by atoms with Crippen LogP contribution in [0.2, 0.25) is 0 Å². The lowest BCUT2D eigenvalue weighted by Gasteiger charge is -2.09. The molecule has 1 aromatic rings. The highest BCUT2D eigenvalue weighted by molar-refractivity contribution is 5.85. The topological polar surface area (TPSA) is 17.1 Å². The second-order valence-electron chi connectivity index (χ2n) is 4.59. The summed E-state index contributed by atoms with van der Waals surface area (Å²) in [7, 11) is 0. The van der Waals surface area contributed by atoms with E-state index in [9.17, 15) is 4.79 Å². The molecule has 0 amide bonds. The molecule has 0 aromatic heterocycles. The summed E-state index contributed by atoms with van der Waals surface area (Å²) in [6.07, 6.45) is 5.72. The average Bonchev–Trinajstić information content (AvgIpc) is 2.64. The fourth-order valence-electron chi connectivity index (χ4n) is 2.56. The van der Waals surface area contributed by atoms with E-state index in [4.69, 9.17) is 0 Å². The van der Waals surface area contributed by atoms with Gasteiger partial charge in [-0.1, -0.05) is 36.4 Å². The van der Waals surface area contributed by atoms with E-state index in [2.05, 4.69) is 18.7 Å². The maximum atomic E-state index is 12.1. The molecule has 84 valence electrons. The normalized spacial score (nSPS) is 24.6. The zero-order chi connectivity index (χ0) is 11.4. The lowest BCUT2D eigenvalue weighted by atomic mass is 9.94. The van der Waals surface area contributed by atoms with Crippen molar-refractivity contribution in [2.24, 2.45) is 11.8 Å².